The summed E-state index contributed by atoms with van der Waals surface area (Å²) in [5.41, 5.74) is 2.39. The number of carbonyl (C=O) groups is 2. The van der Waals surface area contributed by atoms with Gasteiger partial charge in [0.2, 0.25) is 5.91 Å². The predicted octanol–water partition coefficient (Wildman–Crippen LogP) is 3.80. The van der Waals surface area contributed by atoms with Gasteiger partial charge in [0.15, 0.2) is 0 Å². The highest BCUT2D eigenvalue weighted by Crippen LogP contribution is 2.21. The van der Waals surface area contributed by atoms with Crippen molar-refractivity contribution < 1.29 is 9.59 Å². The molecule has 1 aliphatic rings. The van der Waals surface area contributed by atoms with Crippen molar-refractivity contribution in [3.05, 3.63) is 23.8 Å². The number of benzene rings is 1. The van der Waals surface area contributed by atoms with Gasteiger partial charge in [0.25, 0.3) is 0 Å². The van der Waals surface area contributed by atoms with Gasteiger partial charge < -0.3 is 16.0 Å². The molecule has 1 fully saturated rings. The van der Waals surface area contributed by atoms with Gasteiger partial charge in [0.05, 0.1) is 0 Å². The van der Waals surface area contributed by atoms with E-state index >= 15 is 0 Å². The number of urea groups is 1. The van der Waals surface area contributed by atoms with E-state index in [0.717, 1.165) is 24.1 Å². The van der Waals surface area contributed by atoms with Crippen LogP contribution in [0.15, 0.2) is 18.2 Å². The second-order valence-corrected chi connectivity index (χ2v) is 5.86. The van der Waals surface area contributed by atoms with Crippen LogP contribution in [0.1, 0.15) is 51.0 Å². The summed E-state index contributed by atoms with van der Waals surface area (Å²) < 4.78 is 0. The van der Waals surface area contributed by atoms with Crippen LogP contribution in [0.5, 0.6) is 0 Å². The SMILES string of the molecule is CCC(=O)Nc1ccc(C)c(NC(=O)NC2CCCCC2)c1. The third-order valence-corrected chi connectivity index (χ3v) is 4.03. The number of hydrogen-bond acceptors (Lipinski definition) is 2. The van der Waals surface area contributed by atoms with Gasteiger partial charge in [0.1, 0.15) is 0 Å². The smallest absolute Gasteiger partial charge is 0.319 e. The summed E-state index contributed by atoms with van der Waals surface area (Å²) in [6, 6.07) is 5.63. The first-order valence-electron chi connectivity index (χ1n) is 8.06. The molecular weight excluding hydrogens is 278 g/mol. The van der Waals surface area contributed by atoms with Crippen molar-refractivity contribution in [1.82, 2.24) is 5.32 Å². The fourth-order valence-corrected chi connectivity index (χ4v) is 2.67. The maximum Gasteiger partial charge on any atom is 0.319 e. The Morgan fingerprint density at radius 1 is 1.14 bits per heavy atom. The van der Waals surface area contributed by atoms with E-state index in [4.69, 9.17) is 0 Å². The summed E-state index contributed by atoms with van der Waals surface area (Å²) in [5, 5.41) is 8.72. The van der Waals surface area contributed by atoms with E-state index < -0.39 is 0 Å². The number of anilines is 2. The first-order valence-corrected chi connectivity index (χ1v) is 8.06. The molecule has 0 heterocycles. The average Bonchev–Trinajstić information content (AvgIpc) is 2.51. The Kier molecular flexibility index (Phi) is 5.81. The lowest BCUT2D eigenvalue weighted by molar-refractivity contribution is -0.115. The van der Waals surface area contributed by atoms with Crippen molar-refractivity contribution in [2.75, 3.05) is 10.6 Å². The molecule has 0 unspecified atom stereocenters. The minimum atomic E-state index is -0.172. The third kappa shape index (κ3) is 4.76. The number of amides is 3. The summed E-state index contributed by atoms with van der Waals surface area (Å²) in [6.07, 6.45) is 6.17. The fraction of sp³-hybridized carbons (Fsp3) is 0.529. The van der Waals surface area contributed by atoms with E-state index in [1.54, 1.807) is 13.0 Å². The van der Waals surface area contributed by atoms with Crippen LogP contribution in [0.2, 0.25) is 0 Å². The molecule has 1 aliphatic carbocycles. The molecule has 0 aromatic heterocycles. The van der Waals surface area contributed by atoms with Crippen molar-refractivity contribution in [1.29, 1.82) is 0 Å². The highest BCUT2D eigenvalue weighted by atomic mass is 16.2. The lowest BCUT2D eigenvalue weighted by atomic mass is 9.96. The van der Waals surface area contributed by atoms with Gasteiger partial charge in [-0.1, -0.05) is 32.3 Å². The summed E-state index contributed by atoms with van der Waals surface area (Å²) in [6.45, 7) is 3.74. The molecule has 3 amide bonds. The zero-order chi connectivity index (χ0) is 15.9. The quantitative estimate of drug-likeness (QED) is 0.792. The van der Waals surface area contributed by atoms with Gasteiger partial charge >= 0.3 is 6.03 Å². The van der Waals surface area contributed by atoms with Crippen LogP contribution in [0.3, 0.4) is 0 Å². The predicted molar refractivity (Wildman–Crippen MR) is 89.1 cm³/mol. The van der Waals surface area contributed by atoms with Gasteiger partial charge in [-0.3, -0.25) is 4.79 Å². The summed E-state index contributed by atoms with van der Waals surface area (Å²) in [7, 11) is 0. The van der Waals surface area contributed by atoms with Crippen LogP contribution >= 0.6 is 0 Å². The maximum atomic E-state index is 12.1. The molecule has 1 saturated carbocycles. The molecule has 0 saturated heterocycles. The van der Waals surface area contributed by atoms with E-state index in [2.05, 4.69) is 16.0 Å². The Labute approximate surface area is 131 Å². The highest BCUT2D eigenvalue weighted by molar-refractivity contribution is 5.94. The highest BCUT2D eigenvalue weighted by Gasteiger charge is 2.16. The Balaban J connectivity index is 1.96. The lowest BCUT2D eigenvalue weighted by Gasteiger charge is -2.23. The Bertz CT molecular complexity index is 537. The average molecular weight is 303 g/mol. The van der Waals surface area contributed by atoms with E-state index in [0.29, 0.717) is 12.1 Å². The molecular formula is C17H25N3O2. The molecule has 1 aromatic rings. The fourth-order valence-electron chi connectivity index (χ4n) is 2.67. The van der Waals surface area contributed by atoms with Crippen molar-refractivity contribution in [2.24, 2.45) is 0 Å². The van der Waals surface area contributed by atoms with Crippen molar-refractivity contribution in [3.8, 4) is 0 Å². The van der Waals surface area contributed by atoms with E-state index in [1.807, 2.05) is 19.1 Å². The van der Waals surface area contributed by atoms with Crippen molar-refractivity contribution in [3.63, 3.8) is 0 Å². The molecule has 2 rings (SSSR count). The molecule has 0 radical (unpaired) electrons. The normalized spacial score (nSPS) is 15.2. The standard InChI is InChI=1S/C17H25N3O2/c1-3-16(21)18-14-10-9-12(2)15(11-14)20-17(22)19-13-7-5-4-6-8-13/h9-11,13H,3-8H2,1-2H3,(H,18,21)(H2,19,20,22). The van der Waals surface area contributed by atoms with Crippen LogP contribution in [0.25, 0.3) is 0 Å². The molecule has 120 valence electrons. The minimum absolute atomic E-state index is 0.0403. The molecule has 3 N–H and O–H groups in total. The first-order chi connectivity index (χ1) is 10.6. The van der Waals surface area contributed by atoms with Crippen LogP contribution < -0.4 is 16.0 Å². The molecule has 0 aliphatic heterocycles. The van der Waals surface area contributed by atoms with Crippen LogP contribution in [0, 0.1) is 6.92 Å². The Morgan fingerprint density at radius 2 is 1.86 bits per heavy atom. The maximum absolute atomic E-state index is 12.1. The van der Waals surface area contributed by atoms with Gasteiger partial charge in [-0.25, -0.2) is 4.79 Å². The van der Waals surface area contributed by atoms with Crippen molar-refractivity contribution >= 4 is 23.3 Å². The van der Waals surface area contributed by atoms with Gasteiger partial charge in [-0.15, -0.1) is 0 Å². The number of hydrogen-bond donors (Lipinski definition) is 3. The zero-order valence-electron chi connectivity index (χ0n) is 13.4. The van der Waals surface area contributed by atoms with Gasteiger partial charge in [-0.2, -0.15) is 0 Å². The van der Waals surface area contributed by atoms with Crippen molar-refractivity contribution in [2.45, 2.75) is 58.4 Å². The lowest BCUT2D eigenvalue weighted by Crippen LogP contribution is -2.39. The van der Waals surface area contributed by atoms with Crippen LogP contribution in [-0.4, -0.2) is 18.0 Å². The van der Waals surface area contributed by atoms with E-state index in [-0.39, 0.29) is 18.0 Å². The Hall–Kier alpha value is -2.04. The van der Waals surface area contributed by atoms with Crippen LogP contribution in [-0.2, 0) is 4.79 Å². The topological polar surface area (TPSA) is 70.2 Å². The first kappa shape index (κ1) is 16.3. The molecule has 22 heavy (non-hydrogen) atoms. The zero-order valence-corrected chi connectivity index (χ0v) is 13.4. The third-order valence-electron chi connectivity index (χ3n) is 4.03. The summed E-state index contributed by atoms with van der Waals surface area (Å²) >= 11 is 0. The number of rotatable bonds is 4. The largest absolute Gasteiger partial charge is 0.335 e. The van der Waals surface area contributed by atoms with E-state index in [9.17, 15) is 9.59 Å². The molecule has 5 nitrogen and oxygen atoms in total. The number of nitrogens with one attached hydrogen (secondary N) is 3. The summed E-state index contributed by atoms with van der Waals surface area (Å²) in [4.78, 5) is 23.6. The van der Waals surface area contributed by atoms with Gasteiger partial charge in [-0.05, 0) is 37.5 Å². The molecule has 0 atom stereocenters. The molecule has 1 aromatic carbocycles. The molecule has 0 bridgehead atoms. The van der Waals surface area contributed by atoms with Crippen LogP contribution in [0.4, 0.5) is 16.2 Å². The Morgan fingerprint density at radius 3 is 2.55 bits per heavy atom. The molecule has 0 spiro atoms. The second-order valence-electron chi connectivity index (χ2n) is 5.86. The monoisotopic (exact) mass is 303 g/mol. The summed E-state index contributed by atoms with van der Waals surface area (Å²) in [5.74, 6) is -0.0403. The number of aryl methyl sites for hydroxylation is 1. The molecule has 5 heteroatoms. The number of carbonyl (C=O) groups excluding carboxylic acids is 2. The second kappa shape index (κ2) is 7.82. The van der Waals surface area contributed by atoms with Gasteiger partial charge in [0, 0.05) is 23.8 Å². The minimum Gasteiger partial charge on any atom is -0.335 e. The van der Waals surface area contributed by atoms with E-state index in [1.165, 1.54) is 19.3 Å².